The Morgan fingerprint density at radius 1 is 0.833 bits per heavy atom. The van der Waals surface area contributed by atoms with Crippen LogP contribution in [0.25, 0.3) is 0 Å². The highest BCUT2D eigenvalue weighted by Crippen LogP contribution is 2.56. The van der Waals surface area contributed by atoms with Crippen LogP contribution in [0.1, 0.15) is 149 Å². The summed E-state index contributed by atoms with van der Waals surface area (Å²) in [5.41, 5.74) is -1.43. The minimum Gasteiger partial charge on any atom is -0.458 e. The molecule has 0 saturated carbocycles. The quantitative estimate of drug-likeness (QED) is 0.0729. The molecule has 3 rings (SSSR count). The van der Waals surface area contributed by atoms with E-state index in [0.717, 1.165) is 55.0 Å². The fourth-order valence-electron chi connectivity index (χ4n) is 7.61. The molecule has 9 heteroatoms. The molecule has 1 fully saturated rings. The second-order valence-corrected chi connectivity index (χ2v) is 17.5. The van der Waals surface area contributed by atoms with Gasteiger partial charge in [0.05, 0.1) is 16.7 Å². The number of thioether (sulfide) groups is 1. The first kappa shape index (κ1) is 45.4. The molecule has 300 valence electrons. The summed E-state index contributed by atoms with van der Waals surface area (Å²) in [6.45, 7) is 13.0. The van der Waals surface area contributed by atoms with E-state index in [9.17, 15) is 23.5 Å². The summed E-state index contributed by atoms with van der Waals surface area (Å²) in [6, 6.07) is 18.7. The van der Waals surface area contributed by atoms with Crippen LogP contribution >= 0.6 is 11.8 Å². The van der Waals surface area contributed by atoms with Gasteiger partial charge in [-0.2, -0.15) is 0 Å². The second-order valence-electron chi connectivity index (χ2n) is 16.3. The average molecular weight is 770 g/mol. The van der Waals surface area contributed by atoms with Crippen LogP contribution in [0.5, 0.6) is 0 Å². The molecule has 6 nitrogen and oxygen atoms in total. The summed E-state index contributed by atoms with van der Waals surface area (Å²) in [6.07, 6.45) is 11.1. The Morgan fingerprint density at radius 2 is 1.35 bits per heavy atom. The zero-order chi connectivity index (χ0) is 40.0. The number of unbranched alkanes of at least 4 members (excludes halogenated alkanes) is 8. The SMILES string of the molecule is CCCCCCCC(F)(F)CCCCCC/C=C/[C@H](C(=O)N1C(=O)SC(c2ccccc2)(c2ccccc2)[C@@H]1C(C)C)[C@@](O)(CCC)C(=O)OC(C)(C)C. The highest BCUT2D eigenvalue weighted by atomic mass is 32.2. The highest BCUT2D eigenvalue weighted by molar-refractivity contribution is 8.15. The molecule has 3 atom stereocenters. The lowest BCUT2D eigenvalue weighted by atomic mass is 9.77. The number of aliphatic hydroxyl groups is 1. The van der Waals surface area contributed by atoms with Crippen molar-refractivity contribution in [2.75, 3.05) is 0 Å². The van der Waals surface area contributed by atoms with Gasteiger partial charge in [-0.25, -0.2) is 13.6 Å². The monoisotopic (exact) mass is 769 g/mol. The highest BCUT2D eigenvalue weighted by Gasteiger charge is 2.60. The second kappa shape index (κ2) is 20.8. The van der Waals surface area contributed by atoms with E-state index in [0.29, 0.717) is 38.5 Å². The van der Waals surface area contributed by atoms with Crippen molar-refractivity contribution in [2.24, 2.45) is 11.8 Å². The standard InChI is InChI=1S/C45H65F2NO5S/c1-8-10-11-15-24-32-43(46,47)33-25-16-13-12-14-23-30-37(44(52,31-9-2)40(50)53-42(5,6)7)39(49)48-38(34(3)4)45(54-41(48)51,35-26-19-17-20-27-35)36-28-21-18-22-29-36/h17-23,26-30,34,37-38,52H,8-16,24-25,31-33H2,1-7H3/b30-23+/t37-,38+,44+/m1/s1. The number of allylic oxidation sites excluding steroid dienone is 1. The Morgan fingerprint density at radius 3 is 1.83 bits per heavy atom. The number of hydrogen-bond acceptors (Lipinski definition) is 6. The number of ether oxygens (including phenoxy) is 1. The molecular weight excluding hydrogens is 705 g/mol. The molecular formula is C45H65F2NO5S. The van der Waals surface area contributed by atoms with Crippen molar-refractivity contribution < 1.29 is 33.0 Å². The van der Waals surface area contributed by atoms with E-state index in [-0.39, 0.29) is 25.2 Å². The molecule has 0 bridgehead atoms. The molecule has 0 radical (unpaired) electrons. The van der Waals surface area contributed by atoms with Crippen molar-refractivity contribution in [2.45, 2.75) is 166 Å². The number of hydrogen-bond donors (Lipinski definition) is 1. The summed E-state index contributed by atoms with van der Waals surface area (Å²) in [5, 5.41) is 11.8. The van der Waals surface area contributed by atoms with Crippen molar-refractivity contribution in [3.8, 4) is 0 Å². The maximum atomic E-state index is 15.0. The molecule has 2 amide bonds. The maximum Gasteiger partial charge on any atom is 0.339 e. The first-order valence-corrected chi connectivity index (χ1v) is 21.0. The van der Waals surface area contributed by atoms with Crippen molar-refractivity contribution >= 4 is 28.9 Å². The van der Waals surface area contributed by atoms with Gasteiger partial charge in [-0.05, 0) is 81.7 Å². The van der Waals surface area contributed by atoms with Crippen LogP contribution in [0.3, 0.4) is 0 Å². The molecule has 0 aromatic heterocycles. The smallest absolute Gasteiger partial charge is 0.339 e. The number of halogens is 2. The van der Waals surface area contributed by atoms with Crippen LogP contribution in [0, 0.1) is 11.8 Å². The van der Waals surface area contributed by atoms with E-state index >= 15 is 4.79 Å². The van der Waals surface area contributed by atoms with Gasteiger partial charge in [-0.3, -0.25) is 14.5 Å². The van der Waals surface area contributed by atoms with Crippen LogP contribution in [-0.2, 0) is 19.1 Å². The lowest BCUT2D eigenvalue weighted by Crippen LogP contribution is -2.57. The number of amides is 2. The van der Waals surface area contributed by atoms with Crippen LogP contribution < -0.4 is 0 Å². The summed E-state index contributed by atoms with van der Waals surface area (Å²) in [5.74, 6) is -5.81. The van der Waals surface area contributed by atoms with Gasteiger partial charge in [-0.1, -0.05) is 145 Å². The van der Waals surface area contributed by atoms with Gasteiger partial charge >= 0.3 is 5.97 Å². The van der Waals surface area contributed by atoms with Crippen molar-refractivity contribution in [1.29, 1.82) is 0 Å². The largest absolute Gasteiger partial charge is 0.458 e. The molecule has 0 unspecified atom stereocenters. The first-order valence-electron chi connectivity index (χ1n) is 20.2. The third kappa shape index (κ3) is 12.0. The minimum absolute atomic E-state index is 0.0549. The van der Waals surface area contributed by atoms with Crippen LogP contribution in [0.15, 0.2) is 72.8 Å². The van der Waals surface area contributed by atoms with Gasteiger partial charge in [0.2, 0.25) is 11.8 Å². The molecule has 0 aliphatic carbocycles. The van der Waals surface area contributed by atoms with Crippen LogP contribution in [-0.4, -0.2) is 50.3 Å². The van der Waals surface area contributed by atoms with E-state index in [1.54, 1.807) is 32.9 Å². The molecule has 1 heterocycles. The van der Waals surface area contributed by atoms with Gasteiger partial charge in [0.1, 0.15) is 5.60 Å². The summed E-state index contributed by atoms with van der Waals surface area (Å²) in [4.78, 5) is 44.5. The Hall–Kier alpha value is -3.04. The third-order valence-corrected chi connectivity index (χ3v) is 11.6. The topological polar surface area (TPSA) is 83.9 Å². The fourth-order valence-corrected chi connectivity index (χ4v) is 9.19. The Labute approximate surface area is 327 Å². The summed E-state index contributed by atoms with van der Waals surface area (Å²) < 4.78 is 33.6. The molecule has 2 aromatic rings. The predicted octanol–water partition coefficient (Wildman–Crippen LogP) is 12.0. The van der Waals surface area contributed by atoms with Gasteiger partial charge in [0.25, 0.3) is 5.24 Å². The van der Waals surface area contributed by atoms with Crippen molar-refractivity contribution in [3.63, 3.8) is 0 Å². The Balaban J connectivity index is 1.90. The molecule has 1 N–H and O–H groups in total. The number of nitrogens with zero attached hydrogens (tertiary/aromatic N) is 1. The minimum atomic E-state index is -2.64. The van der Waals surface area contributed by atoms with Gasteiger partial charge < -0.3 is 9.84 Å². The van der Waals surface area contributed by atoms with Gasteiger partial charge in [0, 0.05) is 12.8 Å². The van der Waals surface area contributed by atoms with E-state index in [1.807, 2.05) is 81.4 Å². The Kier molecular flexibility index (Phi) is 17.4. The van der Waals surface area contributed by atoms with E-state index in [2.05, 4.69) is 6.92 Å². The molecule has 2 aromatic carbocycles. The maximum absolute atomic E-state index is 15.0. The zero-order valence-corrected chi connectivity index (χ0v) is 34.6. The number of alkyl halides is 2. The van der Waals surface area contributed by atoms with Crippen molar-refractivity contribution in [1.82, 2.24) is 4.90 Å². The van der Waals surface area contributed by atoms with E-state index < -0.39 is 50.9 Å². The summed E-state index contributed by atoms with van der Waals surface area (Å²) >= 11 is 1.09. The van der Waals surface area contributed by atoms with E-state index in [4.69, 9.17) is 4.74 Å². The van der Waals surface area contributed by atoms with Gasteiger partial charge in [-0.15, -0.1) is 0 Å². The van der Waals surface area contributed by atoms with E-state index in [1.165, 1.54) is 4.90 Å². The lowest BCUT2D eigenvalue weighted by molar-refractivity contribution is -0.185. The van der Waals surface area contributed by atoms with Crippen LogP contribution in [0.4, 0.5) is 13.6 Å². The number of esters is 1. The van der Waals surface area contributed by atoms with Crippen molar-refractivity contribution in [3.05, 3.63) is 83.9 Å². The molecule has 1 aliphatic rings. The third-order valence-electron chi connectivity index (χ3n) is 10.2. The fraction of sp³-hybridized carbons (Fsp3) is 0.622. The normalized spacial score (nSPS) is 17.9. The lowest BCUT2D eigenvalue weighted by Gasteiger charge is -2.41. The van der Waals surface area contributed by atoms with Crippen LogP contribution in [0.2, 0.25) is 0 Å². The number of benzene rings is 2. The molecule has 54 heavy (non-hydrogen) atoms. The first-order chi connectivity index (χ1) is 25.5. The predicted molar refractivity (Wildman–Crippen MR) is 216 cm³/mol. The van der Waals surface area contributed by atoms with Gasteiger partial charge in [0.15, 0.2) is 5.60 Å². The molecule has 1 aliphatic heterocycles. The average Bonchev–Trinajstić information content (AvgIpc) is 3.44. The number of carbonyl (C=O) groups is 3. The number of rotatable bonds is 22. The summed E-state index contributed by atoms with van der Waals surface area (Å²) in [7, 11) is 0. The Bertz CT molecular complexity index is 1450. The zero-order valence-electron chi connectivity index (χ0n) is 33.8. The molecule has 1 saturated heterocycles. The number of carbonyl (C=O) groups excluding carboxylic acids is 3. The number of imide groups is 1. The molecule has 0 spiro atoms.